The Bertz CT molecular complexity index is 1020. The van der Waals surface area contributed by atoms with E-state index in [9.17, 15) is 5.11 Å². The molecule has 2 aliphatic rings. The Kier molecular flexibility index (Phi) is 4.79. The number of benzene rings is 1. The second-order valence-electron chi connectivity index (χ2n) is 8.16. The summed E-state index contributed by atoms with van der Waals surface area (Å²) in [4.78, 5) is 6.95. The maximum absolute atomic E-state index is 10.3. The number of aryl methyl sites for hydroxylation is 1. The summed E-state index contributed by atoms with van der Waals surface area (Å²) in [5.41, 5.74) is 5.82. The molecule has 5 heteroatoms. The van der Waals surface area contributed by atoms with Gasteiger partial charge in [0, 0.05) is 29.5 Å². The number of hydrogen-bond acceptors (Lipinski definition) is 5. The summed E-state index contributed by atoms with van der Waals surface area (Å²) in [6.45, 7) is 4.71. The number of aliphatic hydroxyl groups excluding tert-OH is 1. The molecule has 0 amide bonds. The minimum absolute atomic E-state index is 0.0207. The van der Waals surface area contributed by atoms with Crippen LogP contribution in [-0.2, 0) is 28.3 Å². The monoisotopic (exact) mass is 407 g/mol. The van der Waals surface area contributed by atoms with Crippen molar-refractivity contribution in [3.8, 4) is 10.6 Å². The van der Waals surface area contributed by atoms with Crippen molar-refractivity contribution in [3.63, 3.8) is 0 Å². The fraction of sp³-hybridized carbons (Fsp3) is 0.375. The van der Waals surface area contributed by atoms with Crippen LogP contribution in [0.15, 0.2) is 48.7 Å². The third kappa shape index (κ3) is 3.53. The SMILES string of the molecule is Cc1cc2c(cc1Cc1ccc(-c3ccccn3)s1)[C@]1(C[C@@H](O)C[C@@H](C)O1)OC2. The van der Waals surface area contributed by atoms with Crippen LogP contribution in [0.3, 0.4) is 0 Å². The number of nitrogens with zero attached hydrogens (tertiary/aromatic N) is 1. The standard InChI is InChI=1S/C24H25NO3S/c1-15-9-18-14-27-24(13-19(26)10-16(2)28-24)21(18)12-17(15)11-20-6-7-23(29-20)22-5-3-4-8-25-22/h3-9,12,16,19,26H,10-11,13-14H2,1-2H3/t16-,19+,24-/m1/s1. The van der Waals surface area contributed by atoms with E-state index in [2.05, 4.69) is 36.2 Å². The minimum Gasteiger partial charge on any atom is -0.393 e. The van der Waals surface area contributed by atoms with E-state index in [1.54, 1.807) is 11.3 Å². The van der Waals surface area contributed by atoms with Crippen LogP contribution in [0, 0.1) is 6.92 Å². The van der Waals surface area contributed by atoms with Crippen LogP contribution in [0.2, 0.25) is 0 Å². The van der Waals surface area contributed by atoms with E-state index in [0.717, 1.165) is 17.7 Å². The summed E-state index contributed by atoms with van der Waals surface area (Å²) >= 11 is 1.79. The molecule has 0 unspecified atom stereocenters. The highest BCUT2D eigenvalue weighted by molar-refractivity contribution is 7.15. The number of thiophene rings is 1. The molecule has 1 fully saturated rings. The number of aliphatic hydroxyl groups is 1. The number of rotatable bonds is 3. The van der Waals surface area contributed by atoms with Gasteiger partial charge >= 0.3 is 0 Å². The zero-order chi connectivity index (χ0) is 20.0. The molecule has 4 nitrogen and oxygen atoms in total. The maximum Gasteiger partial charge on any atom is 0.198 e. The highest BCUT2D eigenvalue weighted by Gasteiger charge is 2.47. The summed E-state index contributed by atoms with van der Waals surface area (Å²) in [6, 6.07) is 14.8. The lowest BCUT2D eigenvalue weighted by Gasteiger charge is -2.39. The number of pyridine rings is 1. The second-order valence-corrected chi connectivity index (χ2v) is 9.33. The van der Waals surface area contributed by atoms with E-state index in [4.69, 9.17) is 9.47 Å². The van der Waals surface area contributed by atoms with Crippen LogP contribution >= 0.6 is 11.3 Å². The Hall–Kier alpha value is -2.05. The zero-order valence-electron chi connectivity index (χ0n) is 16.7. The number of hydrogen-bond donors (Lipinski definition) is 1. The Labute approximate surface area is 175 Å². The average Bonchev–Trinajstić information content (AvgIpc) is 3.28. The molecule has 29 heavy (non-hydrogen) atoms. The number of fused-ring (bicyclic) bond motifs is 2. The summed E-state index contributed by atoms with van der Waals surface area (Å²) in [6.07, 6.45) is 3.43. The third-order valence-corrected chi connectivity index (χ3v) is 6.98. The molecule has 0 aliphatic carbocycles. The molecule has 3 atom stereocenters. The quantitative estimate of drug-likeness (QED) is 0.667. The Morgan fingerprint density at radius 1 is 1.24 bits per heavy atom. The first-order chi connectivity index (χ1) is 14.0. The molecule has 1 aromatic carbocycles. The van der Waals surface area contributed by atoms with Gasteiger partial charge < -0.3 is 14.6 Å². The van der Waals surface area contributed by atoms with E-state index in [-0.39, 0.29) is 6.10 Å². The van der Waals surface area contributed by atoms with Gasteiger partial charge in [-0.3, -0.25) is 4.98 Å². The van der Waals surface area contributed by atoms with Crippen LogP contribution in [-0.4, -0.2) is 22.3 Å². The number of ether oxygens (including phenoxy) is 2. The Morgan fingerprint density at radius 2 is 2.14 bits per heavy atom. The molecule has 2 aromatic heterocycles. The van der Waals surface area contributed by atoms with Crippen molar-refractivity contribution >= 4 is 11.3 Å². The molecule has 0 radical (unpaired) electrons. The molecule has 1 saturated heterocycles. The van der Waals surface area contributed by atoms with E-state index in [1.807, 2.05) is 31.3 Å². The van der Waals surface area contributed by atoms with Crippen molar-refractivity contribution in [2.75, 3.05) is 0 Å². The van der Waals surface area contributed by atoms with E-state index in [1.165, 1.54) is 26.4 Å². The highest BCUT2D eigenvalue weighted by Crippen LogP contribution is 2.46. The lowest BCUT2D eigenvalue weighted by molar-refractivity contribution is -0.295. The van der Waals surface area contributed by atoms with Gasteiger partial charge in [0.1, 0.15) is 0 Å². The van der Waals surface area contributed by atoms with Crippen LogP contribution in [0.1, 0.15) is 46.9 Å². The molecule has 0 saturated carbocycles. The van der Waals surface area contributed by atoms with Gasteiger partial charge in [0.05, 0.1) is 29.4 Å². The van der Waals surface area contributed by atoms with Crippen LogP contribution in [0.25, 0.3) is 10.6 Å². The zero-order valence-corrected chi connectivity index (χ0v) is 17.5. The molecule has 0 bridgehead atoms. The van der Waals surface area contributed by atoms with Crippen LogP contribution in [0.5, 0.6) is 0 Å². The molecular weight excluding hydrogens is 382 g/mol. The third-order valence-electron chi connectivity index (χ3n) is 5.88. The van der Waals surface area contributed by atoms with E-state index in [0.29, 0.717) is 19.4 Å². The van der Waals surface area contributed by atoms with Crippen LogP contribution < -0.4 is 0 Å². The smallest absolute Gasteiger partial charge is 0.198 e. The fourth-order valence-electron chi connectivity index (χ4n) is 4.52. The molecule has 1 N–H and O–H groups in total. The van der Waals surface area contributed by atoms with E-state index >= 15 is 0 Å². The lowest BCUT2D eigenvalue weighted by atomic mass is 9.89. The van der Waals surface area contributed by atoms with E-state index < -0.39 is 11.9 Å². The highest BCUT2D eigenvalue weighted by atomic mass is 32.1. The first kappa shape index (κ1) is 18.9. The molecule has 150 valence electrons. The van der Waals surface area contributed by atoms with Crippen molar-refractivity contribution in [3.05, 3.63) is 75.8 Å². The summed E-state index contributed by atoms with van der Waals surface area (Å²) < 4.78 is 12.4. The lowest BCUT2D eigenvalue weighted by Crippen LogP contribution is -2.43. The normalized spacial score (nSPS) is 26.0. The molecule has 2 aliphatic heterocycles. The van der Waals surface area contributed by atoms with Gasteiger partial charge in [-0.15, -0.1) is 11.3 Å². The van der Waals surface area contributed by atoms with Crippen molar-refractivity contribution in [2.24, 2.45) is 0 Å². The van der Waals surface area contributed by atoms with Crippen molar-refractivity contribution in [1.29, 1.82) is 0 Å². The molecule has 1 spiro atoms. The van der Waals surface area contributed by atoms with Crippen molar-refractivity contribution in [2.45, 2.75) is 57.7 Å². The first-order valence-electron chi connectivity index (χ1n) is 10.2. The van der Waals surface area contributed by atoms with Crippen molar-refractivity contribution in [1.82, 2.24) is 4.98 Å². The summed E-state index contributed by atoms with van der Waals surface area (Å²) in [7, 11) is 0. The second kappa shape index (κ2) is 7.33. The first-order valence-corrected chi connectivity index (χ1v) is 11.0. The summed E-state index contributed by atoms with van der Waals surface area (Å²) in [5, 5.41) is 10.3. The largest absolute Gasteiger partial charge is 0.393 e. The summed E-state index contributed by atoms with van der Waals surface area (Å²) in [5.74, 6) is -0.802. The molecule has 4 heterocycles. The Balaban J connectivity index is 1.45. The van der Waals surface area contributed by atoms with Crippen LogP contribution in [0.4, 0.5) is 0 Å². The molecular formula is C24H25NO3S. The fourth-order valence-corrected chi connectivity index (χ4v) is 5.53. The maximum atomic E-state index is 10.3. The predicted octanol–water partition coefficient (Wildman–Crippen LogP) is 4.95. The minimum atomic E-state index is -0.802. The topological polar surface area (TPSA) is 51.6 Å². The van der Waals surface area contributed by atoms with Gasteiger partial charge in [0.15, 0.2) is 5.79 Å². The molecule has 5 rings (SSSR count). The predicted molar refractivity (Wildman–Crippen MR) is 114 cm³/mol. The Morgan fingerprint density at radius 3 is 2.93 bits per heavy atom. The van der Waals surface area contributed by atoms with Gasteiger partial charge in [-0.25, -0.2) is 0 Å². The van der Waals surface area contributed by atoms with Gasteiger partial charge in [0.2, 0.25) is 0 Å². The van der Waals surface area contributed by atoms with Gasteiger partial charge in [0.25, 0.3) is 0 Å². The number of aromatic nitrogens is 1. The average molecular weight is 408 g/mol. The van der Waals surface area contributed by atoms with Gasteiger partial charge in [-0.2, -0.15) is 0 Å². The molecule has 3 aromatic rings. The van der Waals surface area contributed by atoms with Gasteiger partial charge in [-0.1, -0.05) is 12.1 Å². The van der Waals surface area contributed by atoms with Crippen molar-refractivity contribution < 1.29 is 14.6 Å². The van der Waals surface area contributed by atoms with Gasteiger partial charge in [-0.05, 0) is 67.3 Å².